The summed E-state index contributed by atoms with van der Waals surface area (Å²) in [6.45, 7) is 5.81. The fraction of sp³-hybridized carbons (Fsp3) is 0.421. The highest BCUT2D eigenvalue weighted by molar-refractivity contribution is 6.30. The molecular formula is C19H23ClFN3O2. The summed E-state index contributed by atoms with van der Waals surface area (Å²) in [4.78, 5) is 21.6. The molecule has 2 heterocycles. The minimum absolute atomic E-state index is 0.0172. The summed E-state index contributed by atoms with van der Waals surface area (Å²) in [5.41, 5.74) is 3.05. The van der Waals surface area contributed by atoms with Crippen molar-refractivity contribution in [3.05, 3.63) is 51.9 Å². The van der Waals surface area contributed by atoms with E-state index in [4.69, 9.17) is 16.3 Å². The van der Waals surface area contributed by atoms with Crippen LogP contribution in [0.1, 0.15) is 46.9 Å². The quantitative estimate of drug-likeness (QED) is 0.508. The molecule has 2 rings (SSSR count). The van der Waals surface area contributed by atoms with Gasteiger partial charge in [0.05, 0.1) is 0 Å². The average Bonchev–Trinajstić information content (AvgIpc) is 2.61. The van der Waals surface area contributed by atoms with E-state index in [0.717, 1.165) is 17.4 Å². The topological polar surface area (TPSA) is 55.3 Å². The molecule has 2 unspecified atom stereocenters. The highest BCUT2D eigenvalue weighted by Gasteiger charge is 2.17. The van der Waals surface area contributed by atoms with Crippen LogP contribution in [0.2, 0.25) is 5.15 Å². The molecule has 7 heteroatoms. The lowest BCUT2D eigenvalue weighted by Crippen LogP contribution is -2.23. The Hall–Kier alpha value is -2.05. The summed E-state index contributed by atoms with van der Waals surface area (Å²) in [5.74, 6) is 0.437. The minimum Gasteiger partial charge on any atom is -0.474 e. The van der Waals surface area contributed by atoms with Crippen molar-refractivity contribution in [2.24, 2.45) is 0 Å². The van der Waals surface area contributed by atoms with Gasteiger partial charge in [-0.1, -0.05) is 11.6 Å². The van der Waals surface area contributed by atoms with Crippen LogP contribution in [0.4, 0.5) is 4.39 Å². The van der Waals surface area contributed by atoms with Crippen LogP contribution in [0.15, 0.2) is 24.5 Å². The largest absolute Gasteiger partial charge is 0.474 e. The molecule has 0 saturated heterocycles. The molecule has 2 aromatic heterocycles. The molecule has 2 aromatic rings. The maximum atomic E-state index is 12.9. The third kappa shape index (κ3) is 4.99. The molecule has 0 bridgehead atoms. The van der Waals surface area contributed by atoms with E-state index in [1.165, 1.54) is 13.1 Å². The number of ether oxygens (including phenoxy) is 1. The third-order valence-electron chi connectivity index (χ3n) is 4.22. The first-order valence-corrected chi connectivity index (χ1v) is 8.73. The molecule has 140 valence electrons. The van der Waals surface area contributed by atoms with Gasteiger partial charge < -0.3 is 4.74 Å². The highest BCUT2D eigenvalue weighted by atomic mass is 35.5. The fourth-order valence-electron chi connectivity index (χ4n) is 2.55. The van der Waals surface area contributed by atoms with E-state index in [2.05, 4.69) is 14.9 Å². The molecule has 0 fully saturated rings. The van der Waals surface area contributed by atoms with Crippen molar-refractivity contribution in [2.45, 2.75) is 39.5 Å². The molecule has 0 spiro atoms. The van der Waals surface area contributed by atoms with Gasteiger partial charge in [-0.3, -0.25) is 9.69 Å². The Morgan fingerprint density at radius 3 is 2.73 bits per heavy atom. The molecule has 0 amide bonds. The summed E-state index contributed by atoms with van der Waals surface area (Å²) >= 11 is 6.15. The maximum Gasteiger partial charge on any atom is 0.216 e. The number of aldehydes is 1. The molecule has 2 atom stereocenters. The molecule has 0 aliphatic carbocycles. The van der Waals surface area contributed by atoms with Gasteiger partial charge in [-0.25, -0.2) is 14.4 Å². The summed E-state index contributed by atoms with van der Waals surface area (Å²) in [6.07, 6.45) is 2.98. The van der Waals surface area contributed by atoms with Crippen molar-refractivity contribution in [3.8, 4) is 5.88 Å². The minimum atomic E-state index is -1.04. The van der Waals surface area contributed by atoms with Gasteiger partial charge in [-0.05, 0) is 45.5 Å². The Morgan fingerprint density at radius 1 is 1.38 bits per heavy atom. The number of hydrogen-bond donors (Lipinski definition) is 0. The van der Waals surface area contributed by atoms with Gasteiger partial charge in [0.15, 0.2) is 6.29 Å². The van der Waals surface area contributed by atoms with Gasteiger partial charge in [-0.2, -0.15) is 0 Å². The van der Waals surface area contributed by atoms with Gasteiger partial charge in [0, 0.05) is 41.7 Å². The van der Waals surface area contributed by atoms with Crippen molar-refractivity contribution in [2.75, 3.05) is 13.7 Å². The average molecular weight is 380 g/mol. The lowest BCUT2D eigenvalue weighted by molar-refractivity contribution is 0.112. The number of hydrogen-bond acceptors (Lipinski definition) is 5. The zero-order valence-electron chi connectivity index (χ0n) is 15.4. The Kier molecular flexibility index (Phi) is 7.06. The van der Waals surface area contributed by atoms with Crippen LogP contribution >= 0.6 is 11.6 Å². The molecule has 0 aliphatic heterocycles. The van der Waals surface area contributed by atoms with Crippen LogP contribution in [0.3, 0.4) is 0 Å². The van der Waals surface area contributed by atoms with Crippen molar-refractivity contribution >= 4 is 17.9 Å². The first-order valence-electron chi connectivity index (χ1n) is 8.35. The first-order chi connectivity index (χ1) is 12.3. The molecule has 0 N–H and O–H groups in total. The number of pyridine rings is 2. The highest BCUT2D eigenvalue weighted by Crippen LogP contribution is 2.26. The van der Waals surface area contributed by atoms with Crippen LogP contribution in [0.25, 0.3) is 0 Å². The smallest absolute Gasteiger partial charge is 0.216 e. The van der Waals surface area contributed by atoms with E-state index in [9.17, 15) is 9.18 Å². The first kappa shape index (κ1) is 20.3. The van der Waals surface area contributed by atoms with Crippen LogP contribution < -0.4 is 4.74 Å². The third-order valence-corrected chi connectivity index (χ3v) is 4.54. The van der Waals surface area contributed by atoms with Crippen LogP contribution in [-0.2, 0) is 6.54 Å². The fourth-order valence-corrected chi connectivity index (χ4v) is 2.77. The predicted molar refractivity (Wildman–Crippen MR) is 99.6 cm³/mol. The van der Waals surface area contributed by atoms with E-state index >= 15 is 0 Å². The van der Waals surface area contributed by atoms with Gasteiger partial charge >= 0.3 is 0 Å². The lowest BCUT2D eigenvalue weighted by Gasteiger charge is -2.26. The monoisotopic (exact) mass is 379 g/mol. The second-order valence-electron chi connectivity index (χ2n) is 6.36. The summed E-state index contributed by atoms with van der Waals surface area (Å²) < 4.78 is 18.3. The van der Waals surface area contributed by atoms with E-state index in [1.807, 2.05) is 27.0 Å². The number of nitrogens with zero attached hydrogens (tertiary/aromatic N) is 3. The molecule has 0 aromatic carbocycles. The normalized spacial score (nSPS) is 13.5. The van der Waals surface area contributed by atoms with Crippen molar-refractivity contribution in [1.29, 1.82) is 0 Å². The number of aryl methyl sites for hydroxylation is 1. The Bertz CT molecular complexity index is 770. The Morgan fingerprint density at radius 2 is 2.12 bits per heavy atom. The predicted octanol–water partition coefficient (Wildman–Crippen LogP) is 4.18. The number of rotatable bonds is 8. The van der Waals surface area contributed by atoms with Gasteiger partial charge in [0.1, 0.15) is 17.9 Å². The van der Waals surface area contributed by atoms with Crippen LogP contribution in [0.5, 0.6) is 5.88 Å². The maximum absolute atomic E-state index is 12.9. The van der Waals surface area contributed by atoms with Gasteiger partial charge in [0.25, 0.3) is 0 Å². The number of carbonyl (C=O) groups is 1. The van der Waals surface area contributed by atoms with Crippen LogP contribution in [0, 0.1) is 6.92 Å². The number of halogens is 2. The molecule has 0 aliphatic rings. The summed E-state index contributed by atoms with van der Waals surface area (Å²) in [7, 11) is 1.94. The second kappa shape index (κ2) is 9.05. The molecule has 5 nitrogen and oxygen atoms in total. The van der Waals surface area contributed by atoms with Crippen molar-refractivity contribution in [1.82, 2.24) is 14.9 Å². The second-order valence-corrected chi connectivity index (χ2v) is 6.72. The zero-order valence-corrected chi connectivity index (χ0v) is 16.1. The number of alkyl halides is 1. The molecule has 0 saturated carbocycles. The van der Waals surface area contributed by atoms with E-state index in [-0.39, 0.29) is 12.6 Å². The van der Waals surface area contributed by atoms with Crippen molar-refractivity contribution in [3.63, 3.8) is 0 Å². The van der Waals surface area contributed by atoms with E-state index in [1.54, 1.807) is 12.3 Å². The summed E-state index contributed by atoms with van der Waals surface area (Å²) in [5, 5.41) is 0.326. The lowest BCUT2D eigenvalue weighted by atomic mass is 10.1. The molecule has 0 radical (unpaired) electrons. The Balaban J connectivity index is 2.14. The number of aromatic nitrogens is 2. The standard InChI is InChI=1S/C19H23ClFN3O2/c1-12-7-16(8-23-19(12)26-11-13(2)21)14(3)24(4)9-17-15(10-25)5-6-22-18(17)20/h5-8,10,13-14H,9,11H2,1-4H3. The van der Waals surface area contributed by atoms with Gasteiger partial charge in [-0.15, -0.1) is 0 Å². The Labute approximate surface area is 158 Å². The van der Waals surface area contributed by atoms with Crippen molar-refractivity contribution < 1.29 is 13.9 Å². The van der Waals surface area contributed by atoms with E-state index < -0.39 is 6.17 Å². The number of carbonyl (C=O) groups excluding carboxylic acids is 1. The summed E-state index contributed by atoms with van der Waals surface area (Å²) in [6, 6.07) is 3.64. The van der Waals surface area contributed by atoms with Gasteiger partial charge in [0.2, 0.25) is 5.88 Å². The van der Waals surface area contributed by atoms with E-state index in [0.29, 0.717) is 28.7 Å². The molecular weight excluding hydrogens is 357 g/mol. The van der Waals surface area contributed by atoms with Crippen LogP contribution in [-0.4, -0.2) is 41.0 Å². The molecule has 26 heavy (non-hydrogen) atoms. The SMILES string of the molecule is Cc1cc(C(C)N(C)Cc2c(C=O)ccnc2Cl)cnc1OCC(C)F. The zero-order chi connectivity index (χ0) is 19.3.